The molecule has 1 aromatic heterocycles. The summed E-state index contributed by atoms with van der Waals surface area (Å²) in [5.41, 5.74) is 0. The normalized spacial score (nSPS) is 23.7. The number of rotatable bonds is 2. The molecule has 0 bridgehead atoms. The smallest absolute Gasteiger partial charge is 0.242 e. The van der Waals surface area contributed by atoms with Crippen molar-refractivity contribution in [3.63, 3.8) is 0 Å². The van der Waals surface area contributed by atoms with Crippen LogP contribution >= 0.6 is 27.5 Å². The molecule has 2 N–H and O–H groups in total. The Morgan fingerprint density at radius 2 is 2.41 bits per heavy atom. The average molecular weight is 323 g/mol. The van der Waals surface area contributed by atoms with E-state index in [4.69, 9.17) is 11.6 Å². The van der Waals surface area contributed by atoms with Crippen LogP contribution < -0.4 is 10.6 Å². The van der Waals surface area contributed by atoms with Crippen molar-refractivity contribution in [3.8, 4) is 0 Å². The molecule has 2 atom stereocenters. The summed E-state index contributed by atoms with van der Waals surface area (Å²) in [5.74, 6) is 0.0466. The molecule has 17 heavy (non-hydrogen) atoms. The fourth-order valence-corrected chi connectivity index (χ4v) is 2.41. The summed E-state index contributed by atoms with van der Waals surface area (Å²) in [7, 11) is 0. The minimum atomic E-state index is -0.968. The van der Waals surface area contributed by atoms with Crippen molar-refractivity contribution in [3.05, 3.63) is 21.8 Å². The van der Waals surface area contributed by atoms with Gasteiger partial charge in [-0.15, -0.1) is 0 Å². The Morgan fingerprint density at radius 3 is 3.00 bits per heavy atom. The minimum Gasteiger partial charge on any atom is -0.309 e. The van der Waals surface area contributed by atoms with Crippen LogP contribution in [0.25, 0.3) is 0 Å². The summed E-state index contributed by atoms with van der Waals surface area (Å²) in [6, 6.07) is 2.64. The van der Waals surface area contributed by atoms with Crippen molar-refractivity contribution in [2.24, 2.45) is 0 Å². The van der Waals surface area contributed by atoms with Crippen molar-refractivity contribution in [2.45, 2.75) is 18.6 Å². The third-order valence-electron chi connectivity index (χ3n) is 2.40. The Bertz CT molecular complexity index is 425. The molecule has 0 radical (unpaired) electrons. The number of hydrogen-bond donors (Lipinski definition) is 2. The third kappa shape index (κ3) is 3.37. The Hall–Kier alpha value is -0.720. The molecule has 4 nitrogen and oxygen atoms in total. The van der Waals surface area contributed by atoms with Crippen molar-refractivity contribution in [1.82, 2.24) is 10.3 Å². The number of aromatic nitrogens is 1. The number of anilines is 1. The van der Waals surface area contributed by atoms with Crippen LogP contribution in [0.15, 0.2) is 16.7 Å². The molecule has 92 valence electrons. The molecular formula is C10H10BrClFN3O. The lowest BCUT2D eigenvalue weighted by molar-refractivity contribution is -0.117. The maximum Gasteiger partial charge on any atom is 0.242 e. The van der Waals surface area contributed by atoms with E-state index < -0.39 is 12.2 Å². The van der Waals surface area contributed by atoms with E-state index in [2.05, 4.69) is 31.5 Å². The lowest BCUT2D eigenvalue weighted by Crippen LogP contribution is -2.35. The first-order valence-corrected chi connectivity index (χ1v) is 6.23. The summed E-state index contributed by atoms with van der Waals surface area (Å²) in [6.07, 6.45) is -0.780. The van der Waals surface area contributed by atoms with Gasteiger partial charge in [0.05, 0.1) is 6.04 Å². The van der Waals surface area contributed by atoms with Gasteiger partial charge >= 0.3 is 0 Å². The molecule has 2 rings (SSSR count). The summed E-state index contributed by atoms with van der Waals surface area (Å²) in [5, 5.41) is 5.85. The number of hydrogen-bond acceptors (Lipinski definition) is 3. The van der Waals surface area contributed by atoms with Crippen LogP contribution in [0.5, 0.6) is 0 Å². The second-order valence-corrected chi connectivity index (χ2v) is 5.03. The van der Waals surface area contributed by atoms with Crippen LogP contribution in [0, 0.1) is 0 Å². The first-order chi connectivity index (χ1) is 8.04. The molecule has 0 unspecified atom stereocenters. The van der Waals surface area contributed by atoms with Crippen LogP contribution in [0.1, 0.15) is 6.42 Å². The van der Waals surface area contributed by atoms with Crippen LogP contribution in [-0.4, -0.2) is 29.6 Å². The molecule has 0 aliphatic carbocycles. The fourth-order valence-electron chi connectivity index (χ4n) is 1.64. The number of halogens is 3. The van der Waals surface area contributed by atoms with Gasteiger partial charge in [0.15, 0.2) is 0 Å². The summed E-state index contributed by atoms with van der Waals surface area (Å²) in [4.78, 5) is 15.8. The maximum absolute atomic E-state index is 12.9. The minimum absolute atomic E-state index is 0.188. The first-order valence-electron chi connectivity index (χ1n) is 5.06. The van der Waals surface area contributed by atoms with E-state index in [-0.39, 0.29) is 18.9 Å². The van der Waals surface area contributed by atoms with E-state index in [9.17, 15) is 9.18 Å². The Labute approximate surface area is 111 Å². The molecule has 1 saturated heterocycles. The molecule has 0 aromatic carbocycles. The highest BCUT2D eigenvalue weighted by Crippen LogP contribution is 2.19. The number of nitrogens with zero attached hydrogens (tertiary/aromatic N) is 1. The number of nitrogens with one attached hydrogen (secondary N) is 2. The van der Waals surface area contributed by atoms with E-state index in [1.54, 1.807) is 6.07 Å². The van der Waals surface area contributed by atoms with Gasteiger partial charge < -0.3 is 10.6 Å². The van der Waals surface area contributed by atoms with E-state index in [1.807, 2.05) is 0 Å². The van der Waals surface area contributed by atoms with E-state index in [0.717, 1.165) is 0 Å². The number of amides is 1. The number of carbonyl (C=O) groups is 1. The SMILES string of the molecule is O=C(Nc1cc(Cl)cc(Br)n1)[C@@H]1C[C@@H](F)CN1. The van der Waals surface area contributed by atoms with Gasteiger partial charge in [0, 0.05) is 18.0 Å². The molecule has 1 aromatic rings. The van der Waals surface area contributed by atoms with E-state index >= 15 is 0 Å². The van der Waals surface area contributed by atoms with Gasteiger partial charge in [-0.2, -0.15) is 0 Å². The first kappa shape index (κ1) is 12.7. The van der Waals surface area contributed by atoms with Gasteiger partial charge in [0.1, 0.15) is 16.6 Å². The van der Waals surface area contributed by atoms with Gasteiger partial charge in [0.25, 0.3) is 0 Å². The molecule has 1 aliphatic rings. The predicted molar refractivity (Wildman–Crippen MR) is 66.9 cm³/mol. The Balaban J connectivity index is 2.03. The van der Waals surface area contributed by atoms with Crippen molar-refractivity contribution >= 4 is 39.3 Å². The van der Waals surface area contributed by atoms with E-state index in [1.165, 1.54) is 6.07 Å². The number of carbonyl (C=O) groups excluding carboxylic acids is 1. The molecule has 2 heterocycles. The lowest BCUT2D eigenvalue weighted by atomic mass is 10.2. The molecule has 1 amide bonds. The zero-order valence-corrected chi connectivity index (χ0v) is 11.1. The molecule has 1 aliphatic heterocycles. The largest absolute Gasteiger partial charge is 0.309 e. The van der Waals surface area contributed by atoms with Crippen molar-refractivity contribution < 1.29 is 9.18 Å². The number of pyridine rings is 1. The second kappa shape index (κ2) is 5.29. The van der Waals surface area contributed by atoms with Gasteiger partial charge in [0.2, 0.25) is 5.91 Å². The average Bonchev–Trinajstić information content (AvgIpc) is 2.63. The van der Waals surface area contributed by atoms with Gasteiger partial charge in [-0.25, -0.2) is 9.37 Å². The molecule has 0 saturated carbocycles. The maximum atomic E-state index is 12.9. The van der Waals surface area contributed by atoms with Crippen LogP contribution in [0.3, 0.4) is 0 Å². The zero-order valence-electron chi connectivity index (χ0n) is 8.71. The fraction of sp³-hybridized carbons (Fsp3) is 0.400. The van der Waals surface area contributed by atoms with Gasteiger partial charge in [-0.3, -0.25) is 4.79 Å². The highest BCUT2D eigenvalue weighted by molar-refractivity contribution is 9.10. The molecule has 1 fully saturated rings. The second-order valence-electron chi connectivity index (χ2n) is 3.78. The molecule has 0 spiro atoms. The number of alkyl halides is 1. The predicted octanol–water partition coefficient (Wildman–Crippen LogP) is 2.14. The summed E-state index contributed by atoms with van der Waals surface area (Å²) >= 11 is 8.99. The van der Waals surface area contributed by atoms with Crippen LogP contribution in [0.4, 0.5) is 10.2 Å². The topological polar surface area (TPSA) is 54.0 Å². The van der Waals surface area contributed by atoms with Gasteiger partial charge in [-0.05, 0) is 28.1 Å². The quantitative estimate of drug-likeness (QED) is 0.820. The third-order valence-corrected chi connectivity index (χ3v) is 3.03. The highest BCUT2D eigenvalue weighted by Gasteiger charge is 2.29. The molecule has 7 heteroatoms. The molecular weight excluding hydrogens is 312 g/mol. The Morgan fingerprint density at radius 1 is 1.65 bits per heavy atom. The van der Waals surface area contributed by atoms with E-state index in [0.29, 0.717) is 15.4 Å². The van der Waals surface area contributed by atoms with Crippen LogP contribution in [0.2, 0.25) is 5.02 Å². The van der Waals surface area contributed by atoms with Crippen molar-refractivity contribution in [1.29, 1.82) is 0 Å². The lowest BCUT2D eigenvalue weighted by Gasteiger charge is -2.10. The summed E-state index contributed by atoms with van der Waals surface area (Å²) < 4.78 is 13.4. The highest BCUT2D eigenvalue weighted by atomic mass is 79.9. The Kier molecular flexibility index (Phi) is 3.96. The van der Waals surface area contributed by atoms with Gasteiger partial charge in [-0.1, -0.05) is 11.6 Å². The van der Waals surface area contributed by atoms with Crippen molar-refractivity contribution in [2.75, 3.05) is 11.9 Å². The standard InChI is InChI=1S/C10H10BrClFN3O/c11-8-1-5(12)2-9(15-8)16-10(17)7-3-6(13)4-14-7/h1-2,6-7,14H,3-4H2,(H,15,16,17)/t6-,7+/m1/s1. The van der Waals surface area contributed by atoms with Crippen LogP contribution in [-0.2, 0) is 4.79 Å². The monoisotopic (exact) mass is 321 g/mol. The summed E-state index contributed by atoms with van der Waals surface area (Å²) in [6.45, 7) is 0.213. The zero-order chi connectivity index (χ0) is 12.4.